The monoisotopic (exact) mass is 302 g/mol. The van der Waals surface area contributed by atoms with Crippen molar-refractivity contribution in [2.45, 2.75) is 44.8 Å². The molecular weight excluding hydrogens is 280 g/mol. The van der Waals surface area contributed by atoms with E-state index < -0.39 is 0 Å². The highest BCUT2D eigenvalue weighted by Gasteiger charge is 2.37. The van der Waals surface area contributed by atoms with Gasteiger partial charge in [0.2, 0.25) is 5.91 Å². The molecule has 2 aliphatic heterocycles. The lowest BCUT2D eigenvalue weighted by atomic mass is 10.1. The van der Waals surface area contributed by atoms with E-state index in [9.17, 15) is 4.79 Å². The molecule has 1 aromatic heterocycles. The summed E-state index contributed by atoms with van der Waals surface area (Å²) in [5.41, 5.74) is 0. The fourth-order valence-electron chi connectivity index (χ4n) is 3.41. The average molecular weight is 302 g/mol. The molecule has 3 fully saturated rings. The molecule has 0 spiro atoms. The van der Waals surface area contributed by atoms with Crippen LogP contribution < -0.4 is 9.80 Å². The second-order valence-corrected chi connectivity index (χ2v) is 6.61. The van der Waals surface area contributed by atoms with Crippen molar-refractivity contribution in [3.05, 3.63) is 12.4 Å². The molecule has 118 valence electrons. The summed E-state index contributed by atoms with van der Waals surface area (Å²) in [7, 11) is 0. The number of hydrogen-bond donors (Lipinski definition) is 0. The van der Waals surface area contributed by atoms with Crippen LogP contribution >= 0.6 is 0 Å². The molecule has 1 amide bonds. The largest absolute Gasteiger partial charge is 0.371 e. The number of nitrogens with zero attached hydrogens (tertiary/aromatic N) is 4. The molecule has 0 bridgehead atoms. The van der Waals surface area contributed by atoms with E-state index in [0.717, 1.165) is 37.8 Å². The Labute approximate surface area is 130 Å². The molecular formula is C16H22N4O2. The van der Waals surface area contributed by atoms with Crippen molar-refractivity contribution in [1.82, 2.24) is 9.97 Å². The molecule has 1 saturated carbocycles. The third-order valence-electron chi connectivity index (χ3n) is 4.73. The zero-order valence-corrected chi connectivity index (χ0v) is 12.9. The number of morpholine rings is 1. The smallest absolute Gasteiger partial charge is 0.228 e. The highest BCUT2D eigenvalue weighted by Crippen LogP contribution is 2.37. The van der Waals surface area contributed by atoms with Gasteiger partial charge in [0, 0.05) is 26.1 Å². The van der Waals surface area contributed by atoms with Crippen molar-refractivity contribution >= 4 is 17.5 Å². The van der Waals surface area contributed by atoms with E-state index in [1.165, 1.54) is 12.8 Å². The van der Waals surface area contributed by atoms with Gasteiger partial charge in [-0.1, -0.05) is 0 Å². The predicted octanol–water partition coefficient (Wildman–Crippen LogP) is 1.61. The summed E-state index contributed by atoms with van der Waals surface area (Å²) in [6.45, 7) is 4.61. The van der Waals surface area contributed by atoms with Crippen LogP contribution in [0.1, 0.15) is 32.6 Å². The van der Waals surface area contributed by atoms with Gasteiger partial charge in [-0.15, -0.1) is 0 Å². The third kappa shape index (κ3) is 2.67. The Bertz CT molecular complexity index is 558. The molecule has 1 aliphatic carbocycles. The lowest BCUT2D eigenvalue weighted by Gasteiger charge is -2.37. The minimum absolute atomic E-state index is 0.149. The zero-order chi connectivity index (χ0) is 15.1. The molecule has 1 aromatic rings. The molecule has 22 heavy (non-hydrogen) atoms. The van der Waals surface area contributed by atoms with Gasteiger partial charge in [-0.05, 0) is 32.1 Å². The first-order valence-electron chi connectivity index (χ1n) is 8.23. The highest BCUT2D eigenvalue weighted by molar-refractivity contribution is 5.94. The van der Waals surface area contributed by atoms with Gasteiger partial charge in [-0.3, -0.25) is 9.69 Å². The molecule has 2 atom stereocenters. The van der Waals surface area contributed by atoms with Gasteiger partial charge in [0.05, 0.1) is 24.6 Å². The molecule has 6 heteroatoms. The molecule has 3 aliphatic rings. The Morgan fingerprint density at radius 1 is 1.18 bits per heavy atom. The van der Waals surface area contributed by atoms with Crippen molar-refractivity contribution in [3.8, 4) is 0 Å². The van der Waals surface area contributed by atoms with Gasteiger partial charge in [0.15, 0.2) is 5.82 Å². The fraction of sp³-hybridized carbons (Fsp3) is 0.688. The van der Waals surface area contributed by atoms with E-state index >= 15 is 0 Å². The first-order chi connectivity index (χ1) is 10.7. The van der Waals surface area contributed by atoms with Crippen LogP contribution in [0.2, 0.25) is 0 Å². The summed E-state index contributed by atoms with van der Waals surface area (Å²) in [6.07, 6.45) is 8.17. The molecule has 6 nitrogen and oxygen atoms in total. The lowest BCUT2D eigenvalue weighted by molar-refractivity contribution is -0.117. The topological polar surface area (TPSA) is 58.6 Å². The number of ether oxygens (including phenoxy) is 1. The zero-order valence-electron chi connectivity index (χ0n) is 12.9. The van der Waals surface area contributed by atoms with Crippen LogP contribution in [-0.4, -0.2) is 47.7 Å². The van der Waals surface area contributed by atoms with Gasteiger partial charge >= 0.3 is 0 Å². The second kappa shape index (κ2) is 5.50. The SMILES string of the molecule is CC1CN(c2cnc(N3CCCC3=O)cn2)CC(C2CC2)O1. The number of anilines is 2. The normalized spacial score (nSPS) is 29.2. The van der Waals surface area contributed by atoms with Gasteiger partial charge in [-0.2, -0.15) is 0 Å². The fourth-order valence-corrected chi connectivity index (χ4v) is 3.41. The summed E-state index contributed by atoms with van der Waals surface area (Å²) in [4.78, 5) is 24.8. The Morgan fingerprint density at radius 2 is 1.95 bits per heavy atom. The number of carbonyl (C=O) groups excluding carboxylic acids is 1. The van der Waals surface area contributed by atoms with Gasteiger partial charge in [-0.25, -0.2) is 9.97 Å². The molecule has 0 N–H and O–H groups in total. The van der Waals surface area contributed by atoms with Crippen molar-refractivity contribution < 1.29 is 9.53 Å². The maximum atomic E-state index is 11.8. The molecule has 2 saturated heterocycles. The third-order valence-corrected chi connectivity index (χ3v) is 4.73. The number of hydrogen-bond acceptors (Lipinski definition) is 5. The summed E-state index contributed by atoms with van der Waals surface area (Å²) < 4.78 is 6.04. The average Bonchev–Trinajstić information content (AvgIpc) is 3.29. The van der Waals surface area contributed by atoms with Crippen LogP contribution in [0, 0.1) is 5.92 Å². The highest BCUT2D eigenvalue weighted by atomic mass is 16.5. The van der Waals surface area contributed by atoms with E-state index in [0.29, 0.717) is 18.3 Å². The standard InChI is InChI=1S/C16H22N4O2/c1-11-9-19(10-13(22-11)12-4-5-12)14-7-18-15(8-17-14)20-6-2-3-16(20)21/h7-8,11-13H,2-6,9-10H2,1H3. The Balaban J connectivity index is 1.48. The minimum Gasteiger partial charge on any atom is -0.371 e. The van der Waals surface area contributed by atoms with Crippen LogP contribution in [0.5, 0.6) is 0 Å². The van der Waals surface area contributed by atoms with Crippen molar-refractivity contribution in [2.24, 2.45) is 5.92 Å². The maximum absolute atomic E-state index is 11.8. The summed E-state index contributed by atoms with van der Waals surface area (Å²) in [6, 6.07) is 0. The van der Waals surface area contributed by atoms with E-state index in [2.05, 4.69) is 21.8 Å². The molecule has 0 radical (unpaired) electrons. The summed E-state index contributed by atoms with van der Waals surface area (Å²) in [5.74, 6) is 2.43. The van der Waals surface area contributed by atoms with E-state index in [1.54, 1.807) is 17.3 Å². The van der Waals surface area contributed by atoms with Crippen molar-refractivity contribution in [2.75, 3.05) is 29.4 Å². The number of carbonyl (C=O) groups is 1. The van der Waals surface area contributed by atoms with E-state index in [1.807, 2.05) is 0 Å². The minimum atomic E-state index is 0.149. The van der Waals surface area contributed by atoms with Gasteiger partial charge in [0.25, 0.3) is 0 Å². The molecule has 4 rings (SSSR count). The van der Waals surface area contributed by atoms with Crippen LogP contribution in [0.25, 0.3) is 0 Å². The van der Waals surface area contributed by atoms with Crippen molar-refractivity contribution in [1.29, 1.82) is 0 Å². The van der Waals surface area contributed by atoms with Crippen LogP contribution in [-0.2, 0) is 9.53 Å². The summed E-state index contributed by atoms with van der Waals surface area (Å²) in [5, 5.41) is 0. The van der Waals surface area contributed by atoms with Crippen LogP contribution in [0.15, 0.2) is 12.4 Å². The molecule has 2 unspecified atom stereocenters. The van der Waals surface area contributed by atoms with E-state index in [4.69, 9.17) is 4.74 Å². The first kappa shape index (κ1) is 13.9. The number of rotatable bonds is 3. The second-order valence-electron chi connectivity index (χ2n) is 6.61. The number of aromatic nitrogens is 2. The quantitative estimate of drug-likeness (QED) is 0.849. The Morgan fingerprint density at radius 3 is 2.59 bits per heavy atom. The molecule has 3 heterocycles. The lowest BCUT2D eigenvalue weighted by Crippen LogP contribution is -2.47. The summed E-state index contributed by atoms with van der Waals surface area (Å²) >= 11 is 0. The van der Waals surface area contributed by atoms with Gasteiger partial charge in [0.1, 0.15) is 5.82 Å². The Hall–Kier alpha value is -1.69. The predicted molar refractivity (Wildman–Crippen MR) is 82.9 cm³/mol. The van der Waals surface area contributed by atoms with Crippen molar-refractivity contribution in [3.63, 3.8) is 0 Å². The Kier molecular flexibility index (Phi) is 3.48. The maximum Gasteiger partial charge on any atom is 0.228 e. The van der Waals surface area contributed by atoms with Crippen LogP contribution in [0.4, 0.5) is 11.6 Å². The molecule has 0 aromatic carbocycles. The van der Waals surface area contributed by atoms with Gasteiger partial charge < -0.3 is 9.64 Å². The first-order valence-corrected chi connectivity index (χ1v) is 8.23. The van der Waals surface area contributed by atoms with E-state index in [-0.39, 0.29) is 12.0 Å². The van der Waals surface area contributed by atoms with Crippen LogP contribution in [0.3, 0.4) is 0 Å². The number of amides is 1.